The summed E-state index contributed by atoms with van der Waals surface area (Å²) >= 11 is 0. The van der Waals surface area contributed by atoms with Crippen LogP contribution in [0.5, 0.6) is 0 Å². The normalized spacial score (nSPS) is 16.9. The van der Waals surface area contributed by atoms with E-state index in [1.54, 1.807) is 0 Å². The maximum atomic E-state index is 12.0. The van der Waals surface area contributed by atoms with Crippen molar-refractivity contribution in [3.63, 3.8) is 0 Å². The fraction of sp³-hybridized carbons (Fsp3) is 1.00. The van der Waals surface area contributed by atoms with Gasteiger partial charge in [-0.25, -0.2) is 0 Å². The van der Waals surface area contributed by atoms with E-state index in [9.17, 15) is 14.4 Å². The second-order valence-corrected chi connectivity index (χ2v) is 14.6. The Morgan fingerprint density at radius 1 is 0.800 bits per heavy atom. The summed E-state index contributed by atoms with van der Waals surface area (Å²) in [6.45, 7) is 7.56. The molecule has 0 aromatic rings. The van der Waals surface area contributed by atoms with Gasteiger partial charge in [-0.05, 0) is 32.6 Å². The molecule has 0 amide bonds. The highest BCUT2D eigenvalue weighted by Gasteiger charge is 2.41. The van der Waals surface area contributed by atoms with Gasteiger partial charge >= 0.3 is 0 Å². The molecule has 0 aromatic heterocycles. The van der Waals surface area contributed by atoms with Crippen LogP contribution in [0.25, 0.3) is 0 Å². The highest BCUT2D eigenvalue weighted by molar-refractivity contribution is 7.44. The van der Waals surface area contributed by atoms with Gasteiger partial charge in [-0.1, -0.05) is 117 Å². The second kappa shape index (κ2) is 23.4. The van der Waals surface area contributed by atoms with Crippen molar-refractivity contribution in [2.45, 2.75) is 173 Å². The van der Waals surface area contributed by atoms with E-state index >= 15 is 0 Å². The minimum atomic E-state index is -4.94. The molecular weight excluding hydrogens is 523 g/mol. The monoisotopic (exact) mass is 592 g/mol. The van der Waals surface area contributed by atoms with Crippen molar-refractivity contribution in [3.8, 4) is 0 Å². The molecule has 0 heterocycles. The Hall–Kier alpha value is -0.0100. The van der Waals surface area contributed by atoms with E-state index in [1.807, 2.05) is 28.1 Å². The van der Waals surface area contributed by atoms with E-state index in [-0.39, 0.29) is 12.1 Å². The Kier molecular flexibility index (Phi) is 23.4. The third-order valence-electron chi connectivity index (χ3n) is 7.78. The van der Waals surface area contributed by atoms with E-state index in [1.165, 1.54) is 89.9 Å². The minimum absolute atomic E-state index is 0.0151. The van der Waals surface area contributed by atoms with Gasteiger partial charge in [0, 0.05) is 19.1 Å². The summed E-state index contributed by atoms with van der Waals surface area (Å²) in [7, 11) is 1.10. The summed E-state index contributed by atoms with van der Waals surface area (Å²) in [5.41, 5.74) is 5.42. The summed E-state index contributed by atoms with van der Waals surface area (Å²) in [6, 6.07) is -0.0151. The molecule has 0 fully saturated rings. The summed E-state index contributed by atoms with van der Waals surface area (Å²) in [5, 5.41) is 0. The van der Waals surface area contributed by atoms with Gasteiger partial charge in [0.25, 0.3) is 7.82 Å². The summed E-state index contributed by atoms with van der Waals surface area (Å²) in [5.74, 6) is 0. The third-order valence-corrected chi connectivity index (χ3v) is 8.40. The van der Waals surface area contributed by atoms with E-state index < -0.39 is 13.4 Å². The molecule has 0 aliphatic rings. The van der Waals surface area contributed by atoms with Gasteiger partial charge in [0.15, 0.2) is 0 Å². The number of nitrogens with two attached hydrogens (primary N) is 1. The molecule has 8 heteroatoms. The Bertz CT molecular complexity index is 625. The second-order valence-electron chi connectivity index (χ2n) is 13.5. The Labute approximate surface area is 249 Å². The average molecular weight is 593 g/mol. The van der Waals surface area contributed by atoms with E-state index in [0.29, 0.717) is 36.9 Å². The minimum Gasteiger partial charge on any atom is -0.756 e. The van der Waals surface area contributed by atoms with Crippen LogP contribution >= 0.6 is 7.82 Å². The first kappa shape index (κ1) is 40.0. The van der Waals surface area contributed by atoms with Gasteiger partial charge in [0.1, 0.15) is 12.1 Å². The summed E-state index contributed by atoms with van der Waals surface area (Å²) < 4.78 is 24.2. The van der Waals surface area contributed by atoms with Crippen molar-refractivity contribution in [1.29, 1.82) is 0 Å². The maximum absolute atomic E-state index is 12.0. The number of unbranched alkanes of at least 4 members (excludes halogenated alkanes) is 15. The lowest BCUT2D eigenvalue weighted by Crippen LogP contribution is -2.52. The maximum Gasteiger partial charge on any atom is 0.266 e. The fourth-order valence-corrected chi connectivity index (χ4v) is 6.59. The molecule has 0 rings (SSSR count). The smallest absolute Gasteiger partial charge is 0.266 e. The number of rotatable bonds is 29. The number of phosphoric ester groups is 1. The molecule has 0 radical (unpaired) electrons. The largest absolute Gasteiger partial charge is 0.756 e. The first-order valence-corrected chi connectivity index (χ1v) is 18.2. The Morgan fingerprint density at radius 2 is 1.25 bits per heavy atom. The van der Waals surface area contributed by atoms with Crippen LogP contribution in [0.3, 0.4) is 0 Å². The van der Waals surface area contributed by atoms with Crippen molar-refractivity contribution in [3.05, 3.63) is 0 Å². The van der Waals surface area contributed by atoms with Gasteiger partial charge in [-0.3, -0.25) is 4.57 Å². The quantitative estimate of drug-likeness (QED) is 0.0520. The predicted octanol–water partition coefficient (Wildman–Crippen LogP) is 7.87. The molecule has 0 bridgehead atoms. The molecular formula is C32H69N2O5P. The van der Waals surface area contributed by atoms with Gasteiger partial charge < -0.3 is 29.3 Å². The van der Waals surface area contributed by atoms with Crippen molar-refractivity contribution in [2.75, 3.05) is 34.3 Å². The molecule has 0 aromatic carbocycles. The molecule has 4 unspecified atom stereocenters. The molecule has 0 saturated heterocycles. The number of ether oxygens (including phenoxy) is 1. The lowest BCUT2D eigenvalue weighted by molar-refractivity contribution is -0.877. The lowest BCUT2D eigenvalue weighted by Gasteiger charge is -2.42. The molecule has 7 nitrogen and oxygen atoms in total. The van der Waals surface area contributed by atoms with Gasteiger partial charge in [-0.2, -0.15) is 0 Å². The number of hydrogen-bond donors (Lipinski definition) is 2. The van der Waals surface area contributed by atoms with Gasteiger partial charge in [0.2, 0.25) is 0 Å². The zero-order valence-corrected chi connectivity index (χ0v) is 28.4. The van der Waals surface area contributed by atoms with Crippen molar-refractivity contribution in [2.24, 2.45) is 5.73 Å². The third kappa shape index (κ3) is 25.7. The first-order chi connectivity index (χ1) is 18.8. The highest BCUT2D eigenvalue weighted by Crippen LogP contribution is 2.43. The van der Waals surface area contributed by atoms with Crippen molar-refractivity contribution in [1.82, 2.24) is 0 Å². The standard InChI is InChI=1S/C32H69N2O5P/c1-7-9-11-13-15-16-17-19-21-23-27-38-30(3)28-32(29-34(4,5)6,39-40(35,36)37)26-25-31(33)24-22-20-18-14-12-10-8-2/h30-31H,7-29,33H2,1-6H3,(H-,35,36,37). The van der Waals surface area contributed by atoms with E-state index in [2.05, 4.69) is 13.8 Å². The molecule has 0 saturated carbocycles. The predicted molar refractivity (Wildman–Crippen MR) is 168 cm³/mol. The number of phosphoric acid groups is 1. The van der Waals surface area contributed by atoms with Crippen LogP contribution < -0.4 is 10.6 Å². The average Bonchev–Trinajstić information content (AvgIpc) is 2.83. The topological polar surface area (TPSA) is 105 Å². The zero-order chi connectivity index (χ0) is 30.3. The first-order valence-electron chi connectivity index (χ1n) is 16.7. The SMILES string of the molecule is CCCCCCCCCCCCOC(C)CC(CCC(N)CCCCCCCCC)(C[N+](C)(C)C)OP(=O)([O-])O. The van der Waals surface area contributed by atoms with Gasteiger partial charge in [0.05, 0.1) is 27.2 Å². The highest BCUT2D eigenvalue weighted by atomic mass is 31.2. The van der Waals surface area contributed by atoms with Crippen LogP contribution in [0.15, 0.2) is 0 Å². The van der Waals surface area contributed by atoms with Crippen LogP contribution in [-0.2, 0) is 13.8 Å². The Balaban J connectivity index is 4.76. The molecule has 0 aliphatic carbocycles. The molecule has 0 spiro atoms. The van der Waals surface area contributed by atoms with Crippen LogP contribution in [0.1, 0.15) is 156 Å². The van der Waals surface area contributed by atoms with E-state index in [4.69, 9.17) is 15.0 Å². The number of nitrogens with zero attached hydrogens (tertiary/aromatic N) is 1. The van der Waals surface area contributed by atoms with Gasteiger partial charge in [-0.15, -0.1) is 0 Å². The number of quaternary nitrogens is 1. The Morgan fingerprint density at radius 3 is 1.70 bits per heavy atom. The fourth-order valence-electron chi connectivity index (χ4n) is 5.88. The number of hydrogen-bond acceptors (Lipinski definition) is 5. The summed E-state index contributed by atoms with van der Waals surface area (Å²) in [4.78, 5) is 21.8. The van der Waals surface area contributed by atoms with Crippen molar-refractivity contribution >= 4 is 7.82 Å². The van der Waals surface area contributed by atoms with Crippen LogP contribution in [0.2, 0.25) is 0 Å². The van der Waals surface area contributed by atoms with Crippen LogP contribution in [-0.4, -0.2) is 61.4 Å². The zero-order valence-electron chi connectivity index (χ0n) is 27.5. The number of likely N-dealkylation sites (N-methyl/N-ethyl adjacent to an activating group) is 1. The summed E-state index contributed by atoms with van der Waals surface area (Å²) in [6.07, 6.45) is 23.7. The van der Waals surface area contributed by atoms with Crippen LogP contribution in [0, 0.1) is 0 Å². The molecule has 40 heavy (non-hydrogen) atoms. The molecule has 0 aliphatic heterocycles. The lowest BCUT2D eigenvalue weighted by atomic mass is 9.87. The molecule has 4 atom stereocenters. The molecule has 3 N–H and O–H groups in total. The van der Waals surface area contributed by atoms with Crippen LogP contribution in [0.4, 0.5) is 0 Å². The molecule has 242 valence electrons. The van der Waals surface area contributed by atoms with E-state index in [0.717, 1.165) is 25.7 Å². The van der Waals surface area contributed by atoms with Crippen molar-refractivity contribution < 1.29 is 28.1 Å².